The zero-order valence-corrected chi connectivity index (χ0v) is 15.6. The zero-order valence-electron chi connectivity index (χ0n) is 15.6. The minimum atomic E-state index is 0.618. The van der Waals surface area contributed by atoms with Crippen LogP contribution >= 0.6 is 0 Å². The quantitative estimate of drug-likeness (QED) is 0.472. The largest absolute Gasteiger partial charge is 0.335 e. The van der Waals surface area contributed by atoms with Gasteiger partial charge in [-0.2, -0.15) is 5.10 Å². The molecule has 8 nitrogen and oxygen atoms in total. The van der Waals surface area contributed by atoms with Gasteiger partial charge >= 0.3 is 0 Å². The number of hydrogen-bond donors (Lipinski definition) is 2. The standard InChI is InChI=1S/C22H14N8/c1-3-9-24-14(5-1)13-11-23-12-18-19(13)28-22(27-18)21-20-17(29-30-21)8-7-16(26-20)15-6-2-4-10-25-15/h1-12H,(H,27,28)(H,29,30). The number of H-pyrrole nitrogens is 2. The lowest BCUT2D eigenvalue weighted by atomic mass is 10.1. The van der Waals surface area contributed by atoms with E-state index in [0.717, 1.165) is 44.7 Å². The number of nitrogens with one attached hydrogen (secondary N) is 2. The van der Waals surface area contributed by atoms with E-state index in [1.807, 2.05) is 48.5 Å². The minimum Gasteiger partial charge on any atom is -0.335 e. The maximum absolute atomic E-state index is 4.81. The summed E-state index contributed by atoms with van der Waals surface area (Å²) in [6.07, 6.45) is 7.03. The van der Waals surface area contributed by atoms with Crippen LogP contribution < -0.4 is 0 Å². The normalized spacial score (nSPS) is 11.3. The highest BCUT2D eigenvalue weighted by molar-refractivity contribution is 5.95. The van der Waals surface area contributed by atoms with Crippen molar-refractivity contribution in [3.05, 3.63) is 73.3 Å². The lowest BCUT2D eigenvalue weighted by Crippen LogP contribution is -1.88. The molecule has 0 radical (unpaired) electrons. The first-order valence-electron chi connectivity index (χ1n) is 9.39. The second kappa shape index (κ2) is 6.56. The molecule has 0 saturated heterocycles. The summed E-state index contributed by atoms with van der Waals surface area (Å²) in [7, 11) is 0. The van der Waals surface area contributed by atoms with Crippen molar-refractivity contribution in [1.29, 1.82) is 0 Å². The average Bonchev–Trinajstić information content (AvgIpc) is 3.43. The van der Waals surface area contributed by atoms with Gasteiger partial charge in [0, 0.05) is 24.2 Å². The third kappa shape index (κ3) is 2.62. The molecule has 6 rings (SSSR count). The van der Waals surface area contributed by atoms with Crippen LogP contribution in [0.3, 0.4) is 0 Å². The fourth-order valence-electron chi connectivity index (χ4n) is 3.48. The Morgan fingerprint density at radius 1 is 0.667 bits per heavy atom. The second-order valence-corrected chi connectivity index (χ2v) is 6.76. The molecule has 8 heteroatoms. The highest BCUT2D eigenvalue weighted by Crippen LogP contribution is 2.30. The summed E-state index contributed by atoms with van der Waals surface area (Å²) in [6, 6.07) is 15.4. The Labute approximate surface area is 170 Å². The SMILES string of the molecule is c1ccc(-c2ccc3[nH]nc(-c4nc5c(-c6ccccn6)cncc5[nH]4)c3n2)nc1. The Hall–Kier alpha value is -4.46. The summed E-state index contributed by atoms with van der Waals surface area (Å²) >= 11 is 0. The fraction of sp³-hybridized carbons (Fsp3) is 0. The van der Waals surface area contributed by atoms with E-state index >= 15 is 0 Å². The van der Waals surface area contributed by atoms with Crippen LogP contribution in [0.2, 0.25) is 0 Å². The first-order valence-corrected chi connectivity index (χ1v) is 9.39. The molecule has 2 N–H and O–H groups in total. The summed E-state index contributed by atoms with van der Waals surface area (Å²) in [4.78, 5) is 26.1. The molecule has 0 fully saturated rings. The molecule has 0 unspecified atom stereocenters. The van der Waals surface area contributed by atoms with Crippen molar-refractivity contribution in [2.75, 3.05) is 0 Å². The lowest BCUT2D eigenvalue weighted by Gasteiger charge is -2.00. The van der Waals surface area contributed by atoms with Gasteiger partial charge in [-0.25, -0.2) is 9.97 Å². The lowest BCUT2D eigenvalue weighted by molar-refractivity contribution is 1.10. The smallest absolute Gasteiger partial charge is 0.161 e. The van der Waals surface area contributed by atoms with Crippen LogP contribution in [0, 0.1) is 0 Å². The molecule has 0 amide bonds. The molecule has 6 heterocycles. The van der Waals surface area contributed by atoms with E-state index in [-0.39, 0.29) is 0 Å². The van der Waals surface area contributed by atoms with Gasteiger partial charge in [0.05, 0.1) is 34.3 Å². The van der Waals surface area contributed by atoms with Crippen LogP contribution in [0.5, 0.6) is 0 Å². The molecule has 0 aliphatic rings. The Balaban J connectivity index is 1.52. The van der Waals surface area contributed by atoms with Crippen molar-refractivity contribution in [3.8, 4) is 34.2 Å². The number of imidazole rings is 1. The molecule has 0 atom stereocenters. The molecule has 0 saturated carbocycles. The zero-order chi connectivity index (χ0) is 19.9. The number of pyridine rings is 4. The first kappa shape index (κ1) is 16.5. The van der Waals surface area contributed by atoms with Crippen molar-refractivity contribution in [2.24, 2.45) is 0 Å². The number of fused-ring (bicyclic) bond motifs is 2. The number of aromatic amines is 2. The van der Waals surface area contributed by atoms with E-state index < -0.39 is 0 Å². The van der Waals surface area contributed by atoms with Gasteiger partial charge in [0.2, 0.25) is 0 Å². The van der Waals surface area contributed by atoms with Crippen LogP contribution in [0.1, 0.15) is 0 Å². The Morgan fingerprint density at radius 3 is 2.30 bits per heavy atom. The molecule has 142 valence electrons. The van der Waals surface area contributed by atoms with E-state index in [4.69, 9.17) is 9.97 Å². The summed E-state index contributed by atoms with van der Waals surface area (Å²) in [5, 5.41) is 7.50. The van der Waals surface area contributed by atoms with E-state index in [1.54, 1.807) is 24.8 Å². The van der Waals surface area contributed by atoms with Crippen molar-refractivity contribution >= 4 is 22.1 Å². The number of nitrogens with zero attached hydrogens (tertiary/aromatic N) is 6. The van der Waals surface area contributed by atoms with Crippen molar-refractivity contribution in [3.63, 3.8) is 0 Å². The molecule has 0 spiro atoms. The molecule has 0 aromatic carbocycles. The fourth-order valence-corrected chi connectivity index (χ4v) is 3.48. The number of hydrogen-bond acceptors (Lipinski definition) is 6. The minimum absolute atomic E-state index is 0.618. The summed E-state index contributed by atoms with van der Waals surface area (Å²) in [5.74, 6) is 0.618. The van der Waals surface area contributed by atoms with Crippen molar-refractivity contribution in [2.45, 2.75) is 0 Å². The summed E-state index contributed by atoms with van der Waals surface area (Å²) < 4.78 is 0. The Morgan fingerprint density at radius 2 is 1.50 bits per heavy atom. The molecular weight excluding hydrogens is 376 g/mol. The van der Waals surface area contributed by atoms with Crippen LogP contribution in [0.25, 0.3) is 56.2 Å². The monoisotopic (exact) mass is 390 g/mol. The maximum atomic E-state index is 4.81. The van der Waals surface area contributed by atoms with E-state index in [1.165, 1.54) is 0 Å². The third-order valence-corrected chi connectivity index (χ3v) is 4.89. The van der Waals surface area contributed by atoms with E-state index in [2.05, 4.69) is 30.1 Å². The van der Waals surface area contributed by atoms with Gasteiger partial charge in [-0.15, -0.1) is 0 Å². The van der Waals surface area contributed by atoms with Gasteiger partial charge in [-0.05, 0) is 36.4 Å². The molecule has 30 heavy (non-hydrogen) atoms. The maximum Gasteiger partial charge on any atom is 0.161 e. The van der Waals surface area contributed by atoms with Gasteiger partial charge < -0.3 is 4.98 Å². The second-order valence-electron chi connectivity index (χ2n) is 6.76. The van der Waals surface area contributed by atoms with Crippen LogP contribution in [-0.2, 0) is 0 Å². The molecule has 6 aromatic rings. The predicted molar refractivity (Wildman–Crippen MR) is 113 cm³/mol. The highest BCUT2D eigenvalue weighted by atomic mass is 15.2. The van der Waals surface area contributed by atoms with Gasteiger partial charge in [0.1, 0.15) is 11.0 Å². The third-order valence-electron chi connectivity index (χ3n) is 4.89. The molecule has 0 bridgehead atoms. The molecule has 6 aromatic heterocycles. The van der Waals surface area contributed by atoms with E-state index in [0.29, 0.717) is 11.5 Å². The average molecular weight is 390 g/mol. The highest BCUT2D eigenvalue weighted by Gasteiger charge is 2.17. The number of rotatable bonds is 3. The number of aromatic nitrogens is 8. The van der Waals surface area contributed by atoms with Gasteiger partial charge in [0.25, 0.3) is 0 Å². The Bertz CT molecular complexity index is 1490. The van der Waals surface area contributed by atoms with Crippen LogP contribution in [-0.4, -0.2) is 40.1 Å². The van der Waals surface area contributed by atoms with Gasteiger partial charge in [-0.3, -0.25) is 20.1 Å². The van der Waals surface area contributed by atoms with Crippen LogP contribution in [0.4, 0.5) is 0 Å². The molecule has 0 aliphatic carbocycles. The Kier molecular flexibility index (Phi) is 3.60. The topological polar surface area (TPSA) is 109 Å². The molecule has 0 aliphatic heterocycles. The first-order chi connectivity index (χ1) is 14.9. The summed E-state index contributed by atoms with van der Waals surface area (Å²) in [5.41, 5.74) is 7.05. The van der Waals surface area contributed by atoms with Crippen LogP contribution in [0.15, 0.2) is 73.3 Å². The summed E-state index contributed by atoms with van der Waals surface area (Å²) in [6.45, 7) is 0. The van der Waals surface area contributed by atoms with E-state index in [9.17, 15) is 0 Å². The predicted octanol–water partition coefficient (Wildman–Crippen LogP) is 4.02. The van der Waals surface area contributed by atoms with Crippen molar-refractivity contribution < 1.29 is 0 Å². The van der Waals surface area contributed by atoms with Crippen molar-refractivity contribution in [1.82, 2.24) is 40.1 Å². The molecular formula is C22H14N8. The van der Waals surface area contributed by atoms with Gasteiger partial charge in [0.15, 0.2) is 11.5 Å². The van der Waals surface area contributed by atoms with Gasteiger partial charge in [-0.1, -0.05) is 12.1 Å².